The van der Waals surface area contributed by atoms with Crippen molar-refractivity contribution in [2.75, 3.05) is 31.1 Å². The minimum atomic E-state index is 0.517. The molecular weight excluding hydrogens is 408 g/mol. The van der Waals surface area contributed by atoms with Crippen molar-refractivity contribution < 1.29 is 4.42 Å². The summed E-state index contributed by atoms with van der Waals surface area (Å²) in [5.74, 6) is 1.88. The standard InChI is InChI=1S/C19H17BrN6O/c20-16-6-2-1-5-15(16)19-24-23-17(27-19)13-25-8-10-26(11-9-25)18-14(12-21)4-3-7-22-18/h1-7H,8-11,13H2. The first-order chi connectivity index (χ1) is 13.2. The van der Waals surface area contributed by atoms with E-state index in [9.17, 15) is 5.26 Å². The van der Waals surface area contributed by atoms with Crippen molar-refractivity contribution in [3.8, 4) is 17.5 Å². The van der Waals surface area contributed by atoms with Gasteiger partial charge in [0, 0.05) is 36.8 Å². The third-order valence-corrected chi connectivity index (χ3v) is 5.20. The van der Waals surface area contributed by atoms with Crippen molar-refractivity contribution in [3.05, 3.63) is 58.5 Å². The number of hydrogen-bond donors (Lipinski definition) is 0. The van der Waals surface area contributed by atoms with Crippen LogP contribution in [0.4, 0.5) is 5.82 Å². The molecule has 1 aliphatic rings. The summed E-state index contributed by atoms with van der Waals surface area (Å²) in [7, 11) is 0. The molecule has 7 nitrogen and oxygen atoms in total. The molecule has 0 unspecified atom stereocenters. The van der Waals surface area contributed by atoms with Gasteiger partial charge in [-0.3, -0.25) is 4.90 Å². The Morgan fingerprint density at radius 1 is 1.07 bits per heavy atom. The van der Waals surface area contributed by atoms with Crippen LogP contribution in [0.15, 0.2) is 51.5 Å². The summed E-state index contributed by atoms with van der Waals surface area (Å²) in [6.45, 7) is 3.90. The number of halogens is 1. The molecule has 0 radical (unpaired) electrons. The van der Waals surface area contributed by atoms with Crippen LogP contribution in [-0.4, -0.2) is 46.3 Å². The summed E-state index contributed by atoms with van der Waals surface area (Å²) in [5.41, 5.74) is 1.50. The van der Waals surface area contributed by atoms with E-state index in [1.165, 1.54) is 0 Å². The predicted molar refractivity (Wildman–Crippen MR) is 104 cm³/mol. The van der Waals surface area contributed by atoms with Gasteiger partial charge in [0.1, 0.15) is 11.9 Å². The second-order valence-corrected chi connectivity index (χ2v) is 7.08. The van der Waals surface area contributed by atoms with Crippen molar-refractivity contribution in [3.63, 3.8) is 0 Å². The maximum Gasteiger partial charge on any atom is 0.248 e. The number of aromatic nitrogens is 3. The molecule has 0 aliphatic carbocycles. The minimum absolute atomic E-state index is 0.517. The number of piperazine rings is 1. The molecule has 136 valence electrons. The quantitative estimate of drug-likeness (QED) is 0.636. The first kappa shape index (κ1) is 17.6. The van der Waals surface area contributed by atoms with E-state index < -0.39 is 0 Å². The number of anilines is 1. The van der Waals surface area contributed by atoms with Gasteiger partial charge in [0.25, 0.3) is 0 Å². The van der Waals surface area contributed by atoms with Crippen molar-refractivity contribution in [2.24, 2.45) is 0 Å². The maximum atomic E-state index is 9.25. The molecular formula is C19H17BrN6O. The largest absolute Gasteiger partial charge is 0.419 e. The third-order valence-electron chi connectivity index (χ3n) is 4.51. The topological polar surface area (TPSA) is 82.1 Å². The Morgan fingerprint density at radius 2 is 1.89 bits per heavy atom. The third kappa shape index (κ3) is 3.84. The summed E-state index contributed by atoms with van der Waals surface area (Å²) in [5, 5.41) is 17.6. The molecule has 1 fully saturated rings. The zero-order chi connectivity index (χ0) is 18.6. The summed E-state index contributed by atoms with van der Waals surface area (Å²) in [6.07, 6.45) is 1.73. The molecule has 1 aromatic carbocycles. The fourth-order valence-corrected chi connectivity index (χ4v) is 3.56. The Hall–Kier alpha value is -2.76. The van der Waals surface area contributed by atoms with Gasteiger partial charge in [-0.25, -0.2) is 4.98 Å². The number of rotatable bonds is 4. The van der Waals surface area contributed by atoms with E-state index in [4.69, 9.17) is 4.42 Å². The number of hydrogen-bond acceptors (Lipinski definition) is 7. The number of benzene rings is 1. The van der Waals surface area contributed by atoms with Crippen molar-refractivity contribution in [1.29, 1.82) is 5.26 Å². The van der Waals surface area contributed by atoms with E-state index in [0.717, 1.165) is 42.0 Å². The highest BCUT2D eigenvalue weighted by Gasteiger charge is 2.22. The highest BCUT2D eigenvalue weighted by molar-refractivity contribution is 9.10. The van der Waals surface area contributed by atoms with Crippen LogP contribution in [0.5, 0.6) is 0 Å². The smallest absolute Gasteiger partial charge is 0.248 e. The zero-order valence-corrected chi connectivity index (χ0v) is 16.1. The highest BCUT2D eigenvalue weighted by Crippen LogP contribution is 2.27. The van der Waals surface area contributed by atoms with E-state index in [-0.39, 0.29) is 0 Å². The molecule has 0 atom stereocenters. The number of nitrogens with zero attached hydrogens (tertiary/aromatic N) is 6. The summed E-state index contributed by atoms with van der Waals surface area (Å²) in [6, 6.07) is 13.6. The Balaban J connectivity index is 1.39. The van der Waals surface area contributed by atoms with E-state index in [0.29, 0.717) is 23.9 Å². The average molecular weight is 425 g/mol. The second kappa shape index (κ2) is 7.86. The molecule has 1 aliphatic heterocycles. The van der Waals surface area contributed by atoms with Crippen LogP contribution in [0.3, 0.4) is 0 Å². The van der Waals surface area contributed by atoms with Crippen LogP contribution in [-0.2, 0) is 6.54 Å². The lowest BCUT2D eigenvalue weighted by Gasteiger charge is -2.34. The van der Waals surface area contributed by atoms with Gasteiger partial charge in [-0.2, -0.15) is 5.26 Å². The first-order valence-electron chi connectivity index (χ1n) is 8.64. The Bertz CT molecular complexity index is 974. The van der Waals surface area contributed by atoms with Gasteiger partial charge in [0.05, 0.1) is 17.7 Å². The second-order valence-electron chi connectivity index (χ2n) is 6.23. The summed E-state index contributed by atoms with van der Waals surface area (Å²) in [4.78, 5) is 8.78. The van der Waals surface area contributed by atoms with Gasteiger partial charge in [-0.1, -0.05) is 12.1 Å². The van der Waals surface area contributed by atoms with Crippen molar-refractivity contribution in [1.82, 2.24) is 20.1 Å². The van der Waals surface area contributed by atoms with Crippen molar-refractivity contribution in [2.45, 2.75) is 6.54 Å². The lowest BCUT2D eigenvalue weighted by molar-refractivity contribution is 0.226. The first-order valence-corrected chi connectivity index (χ1v) is 9.43. The fourth-order valence-electron chi connectivity index (χ4n) is 3.11. The van der Waals surface area contributed by atoms with Gasteiger partial charge in [-0.15, -0.1) is 10.2 Å². The van der Waals surface area contributed by atoms with Crippen LogP contribution >= 0.6 is 15.9 Å². The lowest BCUT2D eigenvalue weighted by Crippen LogP contribution is -2.46. The Morgan fingerprint density at radius 3 is 2.67 bits per heavy atom. The molecule has 8 heteroatoms. The SMILES string of the molecule is N#Cc1cccnc1N1CCN(Cc2nnc(-c3ccccc3Br)o2)CC1. The van der Waals surface area contributed by atoms with Gasteiger partial charge >= 0.3 is 0 Å². The summed E-state index contributed by atoms with van der Waals surface area (Å²) < 4.78 is 6.77. The average Bonchev–Trinajstić information content (AvgIpc) is 3.17. The van der Waals surface area contributed by atoms with Crippen LogP contribution in [0.25, 0.3) is 11.5 Å². The molecule has 2 aromatic heterocycles. The Kier molecular flexibility index (Phi) is 5.14. The van der Waals surface area contributed by atoms with E-state index in [1.807, 2.05) is 24.3 Å². The van der Waals surface area contributed by atoms with Gasteiger partial charge in [0.15, 0.2) is 0 Å². The predicted octanol–water partition coefficient (Wildman–Crippen LogP) is 3.09. The molecule has 3 aromatic rings. The molecule has 0 amide bonds. The highest BCUT2D eigenvalue weighted by atomic mass is 79.9. The summed E-state index contributed by atoms with van der Waals surface area (Å²) >= 11 is 3.51. The molecule has 1 saturated heterocycles. The molecule has 0 saturated carbocycles. The molecule has 27 heavy (non-hydrogen) atoms. The lowest BCUT2D eigenvalue weighted by atomic mass is 10.2. The van der Waals surface area contributed by atoms with Crippen LogP contribution in [0, 0.1) is 11.3 Å². The number of nitriles is 1. The monoisotopic (exact) mass is 424 g/mol. The van der Waals surface area contributed by atoms with Gasteiger partial charge in [-0.05, 0) is 40.2 Å². The normalized spacial score (nSPS) is 14.9. The van der Waals surface area contributed by atoms with Gasteiger partial charge < -0.3 is 9.32 Å². The van der Waals surface area contributed by atoms with E-state index in [2.05, 4.69) is 47.0 Å². The van der Waals surface area contributed by atoms with Gasteiger partial charge in [0.2, 0.25) is 11.8 Å². The van der Waals surface area contributed by atoms with Crippen molar-refractivity contribution >= 4 is 21.7 Å². The molecule has 0 N–H and O–H groups in total. The molecule has 4 rings (SSSR count). The Labute approximate surface area is 165 Å². The zero-order valence-electron chi connectivity index (χ0n) is 14.5. The van der Waals surface area contributed by atoms with Crippen LogP contribution in [0.2, 0.25) is 0 Å². The molecule has 0 bridgehead atoms. The fraction of sp³-hybridized carbons (Fsp3) is 0.263. The maximum absolute atomic E-state index is 9.25. The molecule has 3 heterocycles. The van der Waals surface area contributed by atoms with Crippen LogP contribution in [0.1, 0.15) is 11.5 Å². The van der Waals surface area contributed by atoms with Crippen LogP contribution < -0.4 is 4.90 Å². The van der Waals surface area contributed by atoms with E-state index in [1.54, 1.807) is 18.3 Å². The van der Waals surface area contributed by atoms with E-state index >= 15 is 0 Å². The minimum Gasteiger partial charge on any atom is -0.419 e. The number of pyridine rings is 1. The molecule has 0 spiro atoms.